The molecule has 0 aliphatic carbocycles. The van der Waals surface area contributed by atoms with E-state index in [1.807, 2.05) is 12.1 Å². The van der Waals surface area contributed by atoms with Crippen LogP contribution in [-0.2, 0) is 38.5 Å². The van der Waals surface area contributed by atoms with Crippen LogP contribution >= 0.6 is 0 Å². The summed E-state index contributed by atoms with van der Waals surface area (Å²) in [6.45, 7) is -0.481. The number of carbonyl (C=O) groups excluding carboxylic acids is 3. The van der Waals surface area contributed by atoms with Gasteiger partial charge in [0.2, 0.25) is 0 Å². The quantitative estimate of drug-likeness (QED) is 0.598. The van der Waals surface area contributed by atoms with Gasteiger partial charge in [0.05, 0.1) is 6.42 Å². The molecule has 4 rings (SSSR count). The summed E-state index contributed by atoms with van der Waals surface area (Å²) in [5.74, 6) is -2.73. The lowest BCUT2D eigenvalue weighted by molar-refractivity contribution is -0.260. The largest absolute Gasteiger partial charge is 0.448 e. The van der Waals surface area contributed by atoms with Gasteiger partial charge in [-0.15, -0.1) is 0 Å². The van der Waals surface area contributed by atoms with Crippen molar-refractivity contribution >= 4 is 27.7 Å². The summed E-state index contributed by atoms with van der Waals surface area (Å²) < 4.78 is 34.9. The van der Waals surface area contributed by atoms with Gasteiger partial charge in [0.1, 0.15) is 6.61 Å². The molecule has 2 atom stereocenters. The molecule has 2 aromatic rings. The van der Waals surface area contributed by atoms with Crippen LogP contribution in [0.25, 0.3) is 0 Å². The first-order valence-corrected chi connectivity index (χ1v) is 11.9. The highest BCUT2D eigenvalue weighted by Gasteiger charge is 2.61. The second-order valence-corrected chi connectivity index (χ2v) is 9.84. The molecule has 0 spiro atoms. The van der Waals surface area contributed by atoms with Gasteiger partial charge in [-0.2, -0.15) is 5.06 Å². The van der Waals surface area contributed by atoms with Gasteiger partial charge in [-0.3, -0.25) is 14.4 Å². The van der Waals surface area contributed by atoms with Gasteiger partial charge in [-0.25, -0.2) is 13.2 Å². The van der Waals surface area contributed by atoms with Gasteiger partial charge in [0.15, 0.2) is 21.2 Å². The Labute approximate surface area is 184 Å². The summed E-state index contributed by atoms with van der Waals surface area (Å²) in [5, 5.41) is -0.940. The molecule has 0 N–H and O–H groups in total. The standard InChI is InChI=1S/C22H21NO8S/c1-32(27,28)17-14-29-23(20(17)25)22(13-12-18(24)31-22)21(26)30-19(15-8-4-2-5-9-15)16-10-6-3-7-11-16/h2-11,17,19H,12-14H2,1H3. The van der Waals surface area contributed by atoms with E-state index in [0.29, 0.717) is 16.2 Å². The van der Waals surface area contributed by atoms with E-state index in [1.165, 1.54) is 0 Å². The fourth-order valence-electron chi connectivity index (χ4n) is 3.71. The molecule has 2 unspecified atom stereocenters. The molecule has 0 bridgehead atoms. The maximum atomic E-state index is 13.4. The maximum absolute atomic E-state index is 13.4. The van der Waals surface area contributed by atoms with E-state index >= 15 is 0 Å². The first kappa shape index (κ1) is 22.0. The minimum atomic E-state index is -3.80. The number of hydrogen-bond acceptors (Lipinski definition) is 8. The van der Waals surface area contributed by atoms with Gasteiger partial charge in [0, 0.05) is 12.7 Å². The number of hydrogen-bond donors (Lipinski definition) is 0. The number of amides is 1. The van der Waals surface area contributed by atoms with Crippen molar-refractivity contribution in [1.29, 1.82) is 0 Å². The van der Waals surface area contributed by atoms with Crippen LogP contribution in [0, 0.1) is 0 Å². The van der Waals surface area contributed by atoms with E-state index in [4.69, 9.17) is 14.3 Å². The number of cyclic esters (lactones) is 1. The fraction of sp³-hybridized carbons (Fsp3) is 0.318. The van der Waals surface area contributed by atoms with Gasteiger partial charge in [0.25, 0.3) is 5.91 Å². The fourth-order valence-corrected chi connectivity index (χ4v) is 4.48. The summed E-state index contributed by atoms with van der Waals surface area (Å²) in [6.07, 6.45) is -0.338. The molecule has 0 radical (unpaired) electrons. The van der Waals surface area contributed by atoms with Crippen molar-refractivity contribution in [3.63, 3.8) is 0 Å². The number of esters is 2. The van der Waals surface area contributed by atoms with Gasteiger partial charge in [-0.1, -0.05) is 60.7 Å². The van der Waals surface area contributed by atoms with Crippen molar-refractivity contribution in [3.05, 3.63) is 71.8 Å². The first-order valence-electron chi connectivity index (χ1n) is 9.91. The van der Waals surface area contributed by atoms with Crippen molar-refractivity contribution in [3.8, 4) is 0 Å². The number of carbonyl (C=O) groups is 3. The van der Waals surface area contributed by atoms with Crippen LogP contribution in [0.4, 0.5) is 0 Å². The molecule has 2 aliphatic heterocycles. The number of benzene rings is 2. The maximum Gasteiger partial charge on any atom is 0.376 e. The van der Waals surface area contributed by atoms with Crippen LogP contribution < -0.4 is 0 Å². The van der Waals surface area contributed by atoms with Crippen LogP contribution in [0.5, 0.6) is 0 Å². The van der Waals surface area contributed by atoms with Crippen molar-refractivity contribution in [2.75, 3.05) is 12.9 Å². The number of nitrogens with zero attached hydrogens (tertiary/aromatic N) is 1. The van der Waals surface area contributed by atoms with Crippen LogP contribution in [0.3, 0.4) is 0 Å². The third-order valence-electron chi connectivity index (χ3n) is 5.37. The van der Waals surface area contributed by atoms with Crippen LogP contribution in [0.2, 0.25) is 0 Å². The number of ether oxygens (including phenoxy) is 2. The Morgan fingerprint density at radius 1 is 1.06 bits per heavy atom. The van der Waals surface area contributed by atoms with E-state index in [1.54, 1.807) is 48.5 Å². The summed E-state index contributed by atoms with van der Waals surface area (Å²) in [7, 11) is -3.80. The van der Waals surface area contributed by atoms with E-state index in [2.05, 4.69) is 0 Å². The van der Waals surface area contributed by atoms with Gasteiger partial charge in [-0.05, 0) is 11.1 Å². The first-order chi connectivity index (χ1) is 15.2. The molecule has 0 saturated carbocycles. The monoisotopic (exact) mass is 459 g/mol. The molecule has 2 fully saturated rings. The Morgan fingerprint density at radius 2 is 1.62 bits per heavy atom. The Hall–Kier alpha value is -3.24. The normalized spacial score (nSPS) is 23.4. The van der Waals surface area contributed by atoms with Gasteiger partial charge >= 0.3 is 17.7 Å². The van der Waals surface area contributed by atoms with Crippen LogP contribution in [0.1, 0.15) is 30.1 Å². The lowest BCUT2D eigenvalue weighted by atomic mass is 10.0. The van der Waals surface area contributed by atoms with Crippen LogP contribution in [0.15, 0.2) is 60.7 Å². The Kier molecular flexibility index (Phi) is 5.74. The molecule has 2 aromatic carbocycles. The molecule has 1 amide bonds. The zero-order valence-electron chi connectivity index (χ0n) is 17.2. The summed E-state index contributed by atoms with van der Waals surface area (Å²) >= 11 is 0. The second kappa shape index (κ2) is 8.36. The molecule has 2 heterocycles. The third kappa shape index (κ3) is 3.98. The Bertz CT molecular complexity index is 1100. The predicted molar refractivity (Wildman–Crippen MR) is 110 cm³/mol. The average molecular weight is 459 g/mol. The van der Waals surface area contributed by atoms with Crippen LogP contribution in [-0.4, -0.2) is 55.2 Å². The lowest BCUT2D eigenvalue weighted by Crippen LogP contribution is -2.56. The molecular weight excluding hydrogens is 438 g/mol. The van der Waals surface area contributed by atoms with Crippen molar-refractivity contribution < 1.29 is 37.1 Å². The highest BCUT2D eigenvalue weighted by Crippen LogP contribution is 2.38. The Morgan fingerprint density at radius 3 is 2.06 bits per heavy atom. The molecule has 168 valence electrons. The van der Waals surface area contributed by atoms with Gasteiger partial charge < -0.3 is 9.47 Å². The minimum Gasteiger partial charge on any atom is -0.448 e. The van der Waals surface area contributed by atoms with E-state index < -0.39 is 51.4 Å². The van der Waals surface area contributed by atoms with Crippen molar-refractivity contribution in [2.45, 2.75) is 29.9 Å². The second-order valence-electron chi connectivity index (χ2n) is 7.61. The average Bonchev–Trinajstić information content (AvgIpc) is 3.36. The predicted octanol–water partition coefficient (Wildman–Crippen LogP) is 1.54. The topological polar surface area (TPSA) is 116 Å². The molecule has 2 saturated heterocycles. The zero-order valence-corrected chi connectivity index (χ0v) is 18.0. The van der Waals surface area contributed by atoms with E-state index in [0.717, 1.165) is 6.26 Å². The molecule has 2 aliphatic rings. The zero-order chi connectivity index (χ0) is 22.9. The Balaban J connectivity index is 1.69. The summed E-state index contributed by atoms with van der Waals surface area (Å²) in [6, 6.07) is 17.9. The lowest BCUT2D eigenvalue weighted by Gasteiger charge is -2.34. The number of hydroxylamine groups is 2. The summed E-state index contributed by atoms with van der Waals surface area (Å²) in [4.78, 5) is 43.5. The number of rotatable bonds is 6. The van der Waals surface area contributed by atoms with Crippen molar-refractivity contribution in [2.24, 2.45) is 0 Å². The molecule has 32 heavy (non-hydrogen) atoms. The van der Waals surface area contributed by atoms with E-state index in [9.17, 15) is 22.8 Å². The highest BCUT2D eigenvalue weighted by molar-refractivity contribution is 7.92. The molecule has 0 aromatic heterocycles. The molecule has 10 heteroatoms. The third-order valence-corrected chi connectivity index (χ3v) is 6.75. The molecular formula is C22H21NO8S. The highest BCUT2D eigenvalue weighted by atomic mass is 32.2. The SMILES string of the molecule is CS(=O)(=O)C1CON(C2(C(=O)OC(c3ccccc3)c3ccccc3)CCC(=O)O2)C1=O. The number of sulfone groups is 1. The summed E-state index contributed by atoms with van der Waals surface area (Å²) in [5.41, 5.74) is -0.876. The molecule has 9 nitrogen and oxygen atoms in total. The van der Waals surface area contributed by atoms with Crippen molar-refractivity contribution in [1.82, 2.24) is 5.06 Å². The van der Waals surface area contributed by atoms with E-state index in [-0.39, 0.29) is 12.8 Å². The smallest absolute Gasteiger partial charge is 0.376 e. The minimum absolute atomic E-state index is 0.160.